The third kappa shape index (κ3) is 10.1. The lowest BCUT2D eigenvalue weighted by molar-refractivity contribution is -0.155. The number of carbonyl (C=O) groups excluding carboxylic acids is 5. The lowest BCUT2D eigenvalue weighted by Gasteiger charge is -2.46. The van der Waals surface area contributed by atoms with E-state index in [9.17, 15) is 24.0 Å². The van der Waals surface area contributed by atoms with E-state index < -0.39 is 41.3 Å². The van der Waals surface area contributed by atoms with Gasteiger partial charge in [-0.1, -0.05) is 40.3 Å². The molecule has 0 aliphatic carbocycles. The summed E-state index contributed by atoms with van der Waals surface area (Å²) in [6, 6.07) is 6.57. The minimum atomic E-state index is -1.10. The van der Waals surface area contributed by atoms with Crippen molar-refractivity contribution in [2.75, 3.05) is 40.4 Å². The van der Waals surface area contributed by atoms with E-state index in [2.05, 4.69) is 66.9 Å². The van der Waals surface area contributed by atoms with E-state index in [1.807, 2.05) is 46.1 Å². The van der Waals surface area contributed by atoms with Gasteiger partial charge >= 0.3 is 12.0 Å². The molecule has 4 aromatic rings. The van der Waals surface area contributed by atoms with Gasteiger partial charge in [0.2, 0.25) is 11.8 Å². The van der Waals surface area contributed by atoms with Crippen LogP contribution in [0, 0.1) is 11.3 Å². The van der Waals surface area contributed by atoms with Crippen LogP contribution in [0.1, 0.15) is 90.6 Å². The summed E-state index contributed by atoms with van der Waals surface area (Å²) in [5, 5.41) is 8.11. The number of piperazine rings is 1. The Balaban J connectivity index is 1.26. The number of hydrazine groups is 1. The van der Waals surface area contributed by atoms with E-state index in [0.717, 1.165) is 44.7 Å². The number of thiazole rings is 1. The number of hydrogen-bond acceptors (Lipinski definition) is 11. The van der Waals surface area contributed by atoms with E-state index in [0.29, 0.717) is 50.4 Å². The number of likely N-dealkylation sites (N-methyl/N-ethyl adjacent to an activating group) is 1. The van der Waals surface area contributed by atoms with Gasteiger partial charge in [0.05, 0.1) is 34.8 Å². The SMILES string of the molecule is C=CC(=O)N1C[C@H](C)N(C(=O)N(C)[C@H](C(=O)N[C@H]2Cc3nc(cs3)-c3ccc4c(c3)c(c(-c3cccnc3[C@H](C)OC)n4CC)CC(C)(C)COC(=O)[C@@H]3CCCN(N3)C2=O)C(C)C)[C@@H](C)C1. The molecule has 6 bridgehead atoms. The fourth-order valence-corrected chi connectivity index (χ4v) is 10.9. The number of methoxy groups -OCH3 is 1. The van der Waals surface area contributed by atoms with Crippen molar-refractivity contribution in [2.24, 2.45) is 11.3 Å². The molecule has 3 aromatic heterocycles. The first-order valence-electron chi connectivity index (χ1n) is 23.5. The quantitative estimate of drug-likeness (QED) is 0.142. The molecule has 2 N–H and O–H groups in total. The molecule has 1 aromatic carbocycles. The molecule has 2 fully saturated rings. The Labute approximate surface area is 398 Å². The van der Waals surface area contributed by atoms with E-state index in [-0.39, 0.29) is 49.1 Å². The second-order valence-electron chi connectivity index (χ2n) is 19.4. The Morgan fingerprint density at radius 2 is 1.87 bits per heavy atom. The van der Waals surface area contributed by atoms with Crippen LogP contribution in [0.2, 0.25) is 0 Å². The van der Waals surface area contributed by atoms with E-state index in [1.165, 1.54) is 27.3 Å². The molecule has 6 atom stereocenters. The van der Waals surface area contributed by atoms with Crippen molar-refractivity contribution in [3.05, 3.63) is 70.8 Å². The van der Waals surface area contributed by atoms with E-state index in [4.69, 9.17) is 19.4 Å². The number of rotatable bonds is 9. The molecule has 360 valence electrons. The average molecular weight is 938 g/mol. The van der Waals surface area contributed by atoms with Crippen molar-refractivity contribution in [3.8, 4) is 22.5 Å². The minimum Gasteiger partial charge on any atom is -0.464 e. The predicted molar refractivity (Wildman–Crippen MR) is 259 cm³/mol. The average Bonchev–Trinajstić information content (AvgIpc) is 3.90. The molecule has 0 radical (unpaired) electrons. The molecule has 5 amide bonds. The largest absolute Gasteiger partial charge is 0.464 e. The smallest absolute Gasteiger partial charge is 0.324 e. The zero-order valence-corrected chi connectivity index (χ0v) is 41.4. The van der Waals surface area contributed by atoms with Crippen LogP contribution in [0.15, 0.2) is 54.6 Å². The number of hydrogen-bond donors (Lipinski definition) is 2. The molecule has 16 nitrogen and oxygen atoms in total. The first-order valence-corrected chi connectivity index (χ1v) is 24.3. The number of esters is 1. The lowest BCUT2D eigenvalue weighted by atomic mass is 9.84. The highest BCUT2D eigenvalue weighted by Gasteiger charge is 2.42. The third-order valence-electron chi connectivity index (χ3n) is 13.4. The van der Waals surface area contributed by atoms with Crippen molar-refractivity contribution in [1.82, 2.24) is 45.0 Å². The number of amides is 5. The Hall–Kier alpha value is -5.65. The number of pyridine rings is 1. The first kappa shape index (κ1) is 49.3. The van der Waals surface area contributed by atoms with E-state index in [1.54, 1.807) is 30.2 Å². The van der Waals surface area contributed by atoms with Gasteiger partial charge in [0.1, 0.15) is 18.1 Å². The van der Waals surface area contributed by atoms with Crippen LogP contribution in [0.5, 0.6) is 0 Å². The Kier molecular flexibility index (Phi) is 14.9. The number of nitrogens with zero attached hydrogens (tertiary/aromatic N) is 7. The first-order chi connectivity index (χ1) is 31.9. The number of cyclic esters (lactones) is 1. The van der Waals surface area contributed by atoms with E-state index >= 15 is 0 Å². The molecule has 0 spiro atoms. The summed E-state index contributed by atoms with van der Waals surface area (Å²) in [7, 11) is 3.29. The molecule has 6 heterocycles. The maximum atomic E-state index is 14.7. The van der Waals surface area contributed by atoms with Gasteiger partial charge in [-0.15, -0.1) is 11.3 Å². The van der Waals surface area contributed by atoms with Crippen LogP contribution in [0.4, 0.5) is 4.79 Å². The summed E-state index contributed by atoms with van der Waals surface area (Å²) in [5.74, 6) is -1.92. The molecule has 0 unspecified atom stereocenters. The maximum absolute atomic E-state index is 14.7. The van der Waals surface area contributed by atoms with Gasteiger partial charge in [-0.3, -0.25) is 29.2 Å². The standard InChI is InChI=1S/C50H67N9O7S/c1-12-42(60)56-25-30(5)59(31(6)26-56)49(64)55(10)44(29(3)4)46(61)53-38-23-41-52-39(27-67-41)33-18-19-40-35(22-33)36(45(57(40)13-2)34-16-14-20-51-43(34)32(7)65-11)24-50(8,9)28-66-48(63)37-17-15-21-58(54-37)47(38)62/h12,14,16,18-20,22,27,29-32,37-38,44,54H,1,13,15,17,21,23-26,28H2,2-11H3,(H,53,61)/t30-,31-,32-,37-,38-,44-/m0/s1. The van der Waals surface area contributed by atoms with Crippen LogP contribution < -0.4 is 10.7 Å². The molecule has 0 saturated carbocycles. The fraction of sp³-hybridized carbons (Fsp3) is 0.540. The molecular formula is C50H67N9O7S. The van der Waals surface area contributed by atoms with Crippen LogP contribution >= 0.6 is 11.3 Å². The number of ether oxygens (including phenoxy) is 2. The van der Waals surface area contributed by atoms with Crippen LogP contribution in [0.25, 0.3) is 33.4 Å². The van der Waals surface area contributed by atoms with Gasteiger partial charge in [-0.05, 0) is 88.8 Å². The fourth-order valence-electron chi connectivity index (χ4n) is 10.1. The molecule has 7 rings (SSSR count). The Morgan fingerprint density at radius 1 is 1.13 bits per heavy atom. The highest BCUT2D eigenvalue weighted by atomic mass is 32.1. The molecular weight excluding hydrogens is 871 g/mol. The number of aromatic nitrogens is 3. The molecule has 17 heteroatoms. The monoisotopic (exact) mass is 937 g/mol. The number of carbonyl (C=O) groups is 5. The van der Waals surface area contributed by atoms with Crippen LogP contribution in [0.3, 0.4) is 0 Å². The molecule has 67 heavy (non-hydrogen) atoms. The van der Waals surface area contributed by atoms with Crippen LogP contribution in [-0.2, 0) is 48.0 Å². The summed E-state index contributed by atoms with van der Waals surface area (Å²) in [4.78, 5) is 84.7. The second kappa shape index (κ2) is 20.3. The Morgan fingerprint density at radius 3 is 2.54 bits per heavy atom. The zero-order chi connectivity index (χ0) is 48.5. The van der Waals surface area contributed by atoms with Gasteiger partial charge in [0, 0.05) is 97.9 Å². The van der Waals surface area contributed by atoms with Gasteiger partial charge in [0.15, 0.2) is 0 Å². The second-order valence-corrected chi connectivity index (χ2v) is 20.3. The van der Waals surface area contributed by atoms with Crippen molar-refractivity contribution in [1.29, 1.82) is 0 Å². The van der Waals surface area contributed by atoms with Gasteiger partial charge < -0.3 is 34.1 Å². The van der Waals surface area contributed by atoms with Crippen molar-refractivity contribution in [2.45, 2.75) is 124 Å². The van der Waals surface area contributed by atoms with Crippen molar-refractivity contribution < 1.29 is 33.4 Å². The van der Waals surface area contributed by atoms with Gasteiger partial charge in [-0.25, -0.2) is 15.2 Å². The summed E-state index contributed by atoms with van der Waals surface area (Å²) < 4.78 is 14.2. The summed E-state index contributed by atoms with van der Waals surface area (Å²) in [6.45, 7) is 21.2. The topological polar surface area (TPSA) is 172 Å². The minimum absolute atomic E-state index is 0.0673. The number of nitrogens with one attached hydrogen (secondary N) is 2. The lowest BCUT2D eigenvalue weighted by Crippen LogP contribution is -2.65. The number of urea groups is 1. The highest BCUT2D eigenvalue weighted by molar-refractivity contribution is 7.10. The van der Waals surface area contributed by atoms with Gasteiger partial charge in [0.25, 0.3) is 5.91 Å². The molecule has 3 aliphatic heterocycles. The summed E-state index contributed by atoms with van der Waals surface area (Å²) in [6.07, 6.45) is 4.44. The molecule has 2 saturated heterocycles. The summed E-state index contributed by atoms with van der Waals surface area (Å²) >= 11 is 1.40. The van der Waals surface area contributed by atoms with Crippen LogP contribution in [-0.4, -0.2) is 135 Å². The third-order valence-corrected chi connectivity index (χ3v) is 14.3. The number of fused-ring (bicyclic) bond motifs is 6. The summed E-state index contributed by atoms with van der Waals surface area (Å²) in [5.41, 5.74) is 9.24. The van der Waals surface area contributed by atoms with Crippen molar-refractivity contribution >= 4 is 52.0 Å². The van der Waals surface area contributed by atoms with Crippen molar-refractivity contribution in [3.63, 3.8) is 0 Å². The number of benzene rings is 1. The Bertz CT molecular complexity index is 2500. The number of aryl methyl sites for hydroxylation is 1. The highest BCUT2D eigenvalue weighted by Crippen LogP contribution is 2.42. The zero-order valence-electron chi connectivity index (χ0n) is 40.6. The molecule has 3 aliphatic rings. The normalized spacial score (nSPS) is 22.2. The predicted octanol–water partition coefficient (Wildman–Crippen LogP) is 6.39. The maximum Gasteiger partial charge on any atom is 0.324 e. The van der Waals surface area contributed by atoms with Gasteiger partial charge in [-0.2, -0.15) is 0 Å².